The lowest BCUT2D eigenvalue weighted by molar-refractivity contribution is -0.119. The monoisotopic (exact) mass is 470 g/mol. The van der Waals surface area contributed by atoms with Gasteiger partial charge in [-0.3, -0.25) is 9.69 Å². The number of anilines is 1. The summed E-state index contributed by atoms with van der Waals surface area (Å²) in [6.45, 7) is 2.64. The Morgan fingerprint density at radius 2 is 1.88 bits per heavy atom. The molecule has 2 saturated heterocycles. The molecule has 34 heavy (non-hydrogen) atoms. The van der Waals surface area contributed by atoms with E-state index in [2.05, 4.69) is 16.7 Å². The van der Waals surface area contributed by atoms with Gasteiger partial charge in [-0.05, 0) is 35.9 Å². The van der Waals surface area contributed by atoms with Gasteiger partial charge in [0, 0.05) is 43.0 Å². The number of nitrogens with one attached hydrogen (secondary N) is 2. The van der Waals surface area contributed by atoms with E-state index in [0.717, 1.165) is 18.2 Å². The van der Waals surface area contributed by atoms with Gasteiger partial charge in [-0.15, -0.1) is 0 Å². The summed E-state index contributed by atoms with van der Waals surface area (Å²) in [5.74, 6) is -3.07. The molecule has 2 aromatic rings. The van der Waals surface area contributed by atoms with E-state index in [1.54, 1.807) is 0 Å². The Morgan fingerprint density at radius 3 is 2.47 bits per heavy atom. The Labute approximate surface area is 193 Å². The molecule has 2 N–H and O–H groups in total. The number of benzene rings is 2. The minimum absolute atomic E-state index is 0.00708. The Hall–Kier alpha value is -3.58. The van der Waals surface area contributed by atoms with Gasteiger partial charge in [0.15, 0.2) is 0 Å². The molecule has 2 aliphatic heterocycles. The normalized spacial score (nSPS) is 27.2. The van der Waals surface area contributed by atoms with Crippen LogP contribution in [0.2, 0.25) is 0 Å². The number of nitrogens with zero attached hydrogens (tertiary/aromatic N) is 2. The van der Waals surface area contributed by atoms with Crippen molar-refractivity contribution >= 4 is 17.7 Å². The van der Waals surface area contributed by atoms with Crippen LogP contribution in [0.25, 0.3) is 11.1 Å². The Balaban J connectivity index is 1.40. The zero-order chi connectivity index (χ0) is 24.2. The second-order valence-electron chi connectivity index (χ2n) is 8.88. The molecular formula is C24H21F3N4O3. The smallest absolute Gasteiger partial charge is 0.414 e. The van der Waals surface area contributed by atoms with Gasteiger partial charge in [-0.1, -0.05) is 0 Å². The van der Waals surface area contributed by atoms with Crippen molar-refractivity contribution in [2.75, 3.05) is 31.1 Å². The molecule has 0 bridgehead atoms. The number of ether oxygens (including phenoxy) is 1. The number of hydrogen-bond acceptors (Lipinski definition) is 5. The van der Waals surface area contributed by atoms with Crippen LogP contribution in [0.3, 0.4) is 0 Å². The summed E-state index contributed by atoms with van der Waals surface area (Å²) in [5.41, 5.74) is -1.27. The van der Waals surface area contributed by atoms with Crippen LogP contribution in [0.1, 0.15) is 12.5 Å². The first-order valence-electron chi connectivity index (χ1n) is 10.9. The van der Waals surface area contributed by atoms with E-state index in [1.165, 1.54) is 24.0 Å². The zero-order valence-electron chi connectivity index (χ0n) is 18.2. The van der Waals surface area contributed by atoms with Crippen LogP contribution in [0, 0.1) is 40.6 Å². The lowest BCUT2D eigenvalue weighted by Gasteiger charge is -2.17. The van der Waals surface area contributed by atoms with E-state index in [4.69, 9.17) is 4.74 Å². The number of carbonyl (C=O) groups is 2. The van der Waals surface area contributed by atoms with E-state index in [9.17, 15) is 19.2 Å². The zero-order valence-corrected chi connectivity index (χ0v) is 18.2. The number of carbonyl (C=O) groups excluding carboxylic acids is 2. The van der Waals surface area contributed by atoms with Crippen molar-refractivity contribution in [1.29, 1.82) is 5.26 Å². The van der Waals surface area contributed by atoms with E-state index < -0.39 is 35.1 Å². The Morgan fingerprint density at radius 1 is 1.21 bits per heavy atom. The van der Waals surface area contributed by atoms with Gasteiger partial charge in [-0.25, -0.2) is 18.0 Å². The molecule has 5 rings (SSSR count). The van der Waals surface area contributed by atoms with Crippen LogP contribution < -0.4 is 15.5 Å². The SMILES string of the molecule is CC(=O)NC[C@H]1CN(c2ccc(-c3cc(F)c(C4(C#N)[C@@H]5CNC[C@@H]54)c(F)c3)c(F)c2)C(=O)O1. The van der Waals surface area contributed by atoms with E-state index in [1.807, 2.05) is 0 Å². The Bertz CT molecular complexity index is 1210. The fourth-order valence-electron chi connectivity index (χ4n) is 5.26. The third kappa shape index (κ3) is 3.39. The molecule has 10 heteroatoms. The van der Waals surface area contributed by atoms with Crippen LogP contribution in [0.15, 0.2) is 30.3 Å². The standard InChI is InChI=1S/C24H21F3N4O3/c1-12(32)30-7-15-10-31(23(33)34-15)14-2-3-16(19(25)6-14)13-4-20(26)22(21(27)5-13)24(11-28)17-8-29-9-18(17)24/h2-6,15,17-18,29H,7-10H2,1H3,(H,30,32)/t15-,17-,18+,24?/m0/s1. The van der Waals surface area contributed by atoms with Gasteiger partial charge in [0.2, 0.25) is 5.91 Å². The van der Waals surface area contributed by atoms with E-state index in [0.29, 0.717) is 13.1 Å². The molecule has 3 fully saturated rings. The molecule has 2 heterocycles. The number of nitriles is 1. The van der Waals surface area contributed by atoms with Gasteiger partial charge in [-0.2, -0.15) is 5.26 Å². The molecule has 1 aliphatic carbocycles. The summed E-state index contributed by atoms with van der Waals surface area (Å²) < 4.78 is 50.3. The third-order valence-electron chi connectivity index (χ3n) is 6.94. The topological polar surface area (TPSA) is 94.5 Å². The van der Waals surface area contributed by atoms with Crippen molar-refractivity contribution in [3.8, 4) is 17.2 Å². The van der Waals surface area contributed by atoms with Crippen LogP contribution in [-0.4, -0.2) is 44.3 Å². The number of halogens is 3. The second-order valence-corrected chi connectivity index (χ2v) is 8.88. The molecule has 4 atom stereocenters. The summed E-state index contributed by atoms with van der Waals surface area (Å²) >= 11 is 0. The summed E-state index contributed by atoms with van der Waals surface area (Å²) in [6, 6.07) is 8.10. The van der Waals surface area contributed by atoms with Gasteiger partial charge >= 0.3 is 6.09 Å². The number of cyclic esters (lactones) is 1. The maximum absolute atomic E-state index is 15.1. The molecule has 0 radical (unpaired) electrons. The number of piperidine rings is 1. The average molecular weight is 470 g/mol. The van der Waals surface area contributed by atoms with Crippen LogP contribution in [0.5, 0.6) is 0 Å². The van der Waals surface area contributed by atoms with E-state index >= 15 is 8.78 Å². The first-order valence-corrected chi connectivity index (χ1v) is 10.9. The fraction of sp³-hybridized carbons (Fsp3) is 0.375. The second kappa shape index (κ2) is 8.02. The molecule has 7 nitrogen and oxygen atoms in total. The van der Waals surface area contributed by atoms with Gasteiger partial charge < -0.3 is 15.4 Å². The van der Waals surface area contributed by atoms with E-state index in [-0.39, 0.29) is 53.2 Å². The molecule has 0 aromatic heterocycles. The largest absolute Gasteiger partial charge is 0.442 e. The predicted octanol–water partition coefficient (Wildman–Crippen LogP) is 2.84. The first kappa shape index (κ1) is 22.2. The third-order valence-corrected chi connectivity index (χ3v) is 6.94. The number of fused-ring (bicyclic) bond motifs is 1. The summed E-state index contributed by atoms with van der Waals surface area (Å²) in [4.78, 5) is 24.5. The maximum Gasteiger partial charge on any atom is 0.414 e. The quantitative estimate of drug-likeness (QED) is 0.701. The van der Waals surface area contributed by atoms with Crippen LogP contribution in [0.4, 0.5) is 23.7 Å². The van der Waals surface area contributed by atoms with Crippen LogP contribution in [-0.2, 0) is 14.9 Å². The highest BCUT2D eigenvalue weighted by Crippen LogP contribution is 2.62. The van der Waals surface area contributed by atoms with Gasteiger partial charge in [0.25, 0.3) is 0 Å². The highest BCUT2D eigenvalue weighted by molar-refractivity contribution is 5.90. The van der Waals surface area contributed by atoms with Crippen molar-refractivity contribution in [3.63, 3.8) is 0 Å². The van der Waals surface area contributed by atoms with Gasteiger partial charge in [0.05, 0.1) is 30.3 Å². The van der Waals surface area contributed by atoms with Crippen molar-refractivity contribution in [2.24, 2.45) is 11.8 Å². The lowest BCUT2D eigenvalue weighted by atomic mass is 9.89. The number of hydrogen-bond donors (Lipinski definition) is 2. The number of amides is 2. The minimum Gasteiger partial charge on any atom is -0.442 e. The summed E-state index contributed by atoms with van der Waals surface area (Å²) in [5, 5.41) is 15.4. The molecule has 1 saturated carbocycles. The first-order chi connectivity index (χ1) is 16.3. The highest BCUT2D eigenvalue weighted by atomic mass is 19.1. The molecule has 2 aromatic carbocycles. The highest BCUT2D eigenvalue weighted by Gasteiger charge is 2.69. The molecule has 176 valence electrons. The van der Waals surface area contributed by atoms with Crippen molar-refractivity contribution < 1.29 is 27.5 Å². The molecule has 1 unspecified atom stereocenters. The molecule has 2 amide bonds. The average Bonchev–Trinajstić information content (AvgIpc) is 3.12. The summed E-state index contributed by atoms with van der Waals surface area (Å²) in [7, 11) is 0. The van der Waals surface area contributed by atoms with Crippen molar-refractivity contribution in [2.45, 2.75) is 18.4 Å². The Kier molecular flexibility index (Phi) is 5.24. The minimum atomic E-state index is -1.19. The van der Waals surface area contributed by atoms with Gasteiger partial charge in [0.1, 0.15) is 23.6 Å². The molecule has 3 aliphatic rings. The van der Waals surface area contributed by atoms with Crippen LogP contribution >= 0.6 is 0 Å². The fourth-order valence-corrected chi connectivity index (χ4v) is 5.26. The number of rotatable bonds is 5. The molecular weight excluding hydrogens is 449 g/mol. The molecule has 0 spiro atoms. The van der Waals surface area contributed by atoms with Crippen molar-refractivity contribution in [3.05, 3.63) is 53.3 Å². The van der Waals surface area contributed by atoms with Crippen molar-refractivity contribution in [1.82, 2.24) is 10.6 Å². The lowest BCUT2D eigenvalue weighted by Crippen LogP contribution is -2.33. The predicted molar refractivity (Wildman–Crippen MR) is 115 cm³/mol. The summed E-state index contributed by atoms with van der Waals surface area (Å²) in [6.07, 6.45) is -1.27. The maximum atomic E-state index is 15.1.